The Morgan fingerprint density at radius 2 is 1.60 bits per heavy atom. The van der Waals surface area contributed by atoms with Crippen LogP contribution in [-0.2, 0) is 14.3 Å². The second-order valence-corrected chi connectivity index (χ2v) is 4.59. The van der Waals surface area contributed by atoms with Crippen LogP contribution in [-0.4, -0.2) is 19.7 Å². The second-order valence-electron chi connectivity index (χ2n) is 4.59. The summed E-state index contributed by atoms with van der Waals surface area (Å²) >= 11 is 0. The van der Waals surface area contributed by atoms with Crippen LogP contribution in [0.25, 0.3) is 0 Å². The Labute approximate surface area is 119 Å². The Kier molecular flexibility index (Phi) is 4.91. The van der Waals surface area contributed by atoms with E-state index in [4.69, 9.17) is 4.74 Å². The number of hydrogen-bond donors (Lipinski definition) is 0. The van der Waals surface area contributed by atoms with Gasteiger partial charge in [-0.15, -0.1) is 0 Å². The predicted octanol–water partition coefficient (Wildman–Crippen LogP) is 3.27. The van der Waals surface area contributed by atoms with Crippen molar-refractivity contribution in [2.75, 3.05) is 13.7 Å². The molecule has 0 N–H and O–H groups in total. The van der Waals surface area contributed by atoms with Crippen LogP contribution < -0.4 is 0 Å². The number of ether oxygens (including phenoxy) is 2. The molecular weight excluding hydrogens is 252 g/mol. The van der Waals surface area contributed by atoms with Gasteiger partial charge >= 0.3 is 5.97 Å². The molecule has 2 aromatic carbocycles. The summed E-state index contributed by atoms with van der Waals surface area (Å²) in [6.07, 6.45) is -0.268. The lowest BCUT2D eigenvalue weighted by atomic mass is 10.0. The summed E-state index contributed by atoms with van der Waals surface area (Å²) in [5, 5.41) is 0. The zero-order chi connectivity index (χ0) is 14.4. The van der Waals surface area contributed by atoms with E-state index in [2.05, 4.69) is 4.74 Å². The molecule has 0 saturated heterocycles. The maximum absolute atomic E-state index is 11.3. The zero-order valence-corrected chi connectivity index (χ0v) is 11.7. The lowest BCUT2D eigenvalue weighted by Gasteiger charge is -2.18. The smallest absolute Gasteiger partial charge is 0.331 e. The van der Waals surface area contributed by atoms with Crippen LogP contribution in [0.2, 0.25) is 0 Å². The molecule has 0 saturated carbocycles. The molecule has 1 atom stereocenters. The first-order valence-corrected chi connectivity index (χ1v) is 6.50. The lowest BCUT2D eigenvalue weighted by molar-refractivity contribution is -0.147. The third-order valence-corrected chi connectivity index (χ3v) is 3.08. The van der Waals surface area contributed by atoms with Gasteiger partial charge in [-0.25, -0.2) is 4.79 Å². The molecule has 20 heavy (non-hydrogen) atoms. The van der Waals surface area contributed by atoms with E-state index in [-0.39, 0.29) is 18.7 Å². The fraction of sp³-hybridized carbons (Fsp3) is 0.235. The summed E-state index contributed by atoms with van der Waals surface area (Å²) in [6, 6.07) is 17.9. The summed E-state index contributed by atoms with van der Waals surface area (Å²) < 4.78 is 10.4. The fourth-order valence-electron chi connectivity index (χ4n) is 1.96. The van der Waals surface area contributed by atoms with E-state index in [1.807, 2.05) is 61.5 Å². The first-order valence-electron chi connectivity index (χ1n) is 6.50. The Morgan fingerprint density at radius 3 is 2.20 bits per heavy atom. The first-order chi connectivity index (χ1) is 9.70. The fourth-order valence-corrected chi connectivity index (χ4v) is 1.96. The minimum Gasteiger partial charge on any atom is -0.467 e. The molecule has 0 fully saturated rings. The molecule has 0 bridgehead atoms. The molecular formula is C17H18O3. The molecule has 0 radical (unpaired) electrons. The normalized spacial score (nSPS) is 11.9. The Balaban J connectivity index is 2.24. The van der Waals surface area contributed by atoms with Crippen LogP contribution >= 0.6 is 0 Å². The molecule has 0 aliphatic heterocycles. The van der Waals surface area contributed by atoms with E-state index in [0.717, 1.165) is 11.1 Å². The van der Waals surface area contributed by atoms with E-state index in [1.54, 1.807) is 0 Å². The van der Waals surface area contributed by atoms with Gasteiger partial charge in [0, 0.05) is 0 Å². The van der Waals surface area contributed by atoms with Gasteiger partial charge in [0.1, 0.15) is 12.7 Å². The van der Waals surface area contributed by atoms with E-state index < -0.39 is 0 Å². The number of hydrogen-bond acceptors (Lipinski definition) is 3. The summed E-state index contributed by atoms with van der Waals surface area (Å²) in [4.78, 5) is 11.3. The Hall–Kier alpha value is -2.13. The highest BCUT2D eigenvalue weighted by atomic mass is 16.6. The molecule has 0 heterocycles. The van der Waals surface area contributed by atoms with E-state index in [9.17, 15) is 4.79 Å². The van der Waals surface area contributed by atoms with Gasteiger partial charge in [0.15, 0.2) is 0 Å². The number of benzene rings is 2. The average Bonchev–Trinajstić information content (AvgIpc) is 2.50. The predicted molar refractivity (Wildman–Crippen MR) is 77.4 cm³/mol. The van der Waals surface area contributed by atoms with Gasteiger partial charge in [0.05, 0.1) is 7.11 Å². The second kappa shape index (κ2) is 6.87. The topological polar surface area (TPSA) is 35.5 Å². The van der Waals surface area contributed by atoms with Gasteiger partial charge in [-0.3, -0.25) is 0 Å². The summed E-state index contributed by atoms with van der Waals surface area (Å²) in [5.41, 5.74) is 3.22. The van der Waals surface area contributed by atoms with Gasteiger partial charge in [-0.05, 0) is 18.1 Å². The largest absolute Gasteiger partial charge is 0.467 e. The minimum absolute atomic E-state index is 0.0655. The quantitative estimate of drug-likeness (QED) is 0.782. The van der Waals surface area contributed by atoms with Crippen molar-refractivity contribution in [3.05, 3.63) is 71.3 Å². The monoisotopic (exact) mass is 270 g/mol. The highest BCUT2D eigenvalue weighted by Crippen LogP contribution is 2.26. The molecule has 0 aromatic heterocycles. The van der Waals surface area contributed by atoms with Gasteiger partial charge < -0.3 is 9.47 Å². The van der Waals surface area contributed by atoms with Crippen molar-refractivity contribution in [2.24, 2.45) is 0 Å². The Morgan fingerprint density at radius 1 is 1.00 bits per heavy atom. The van der Waals surface area contributed by atoms with Crippen LogP contribution in [0.4, 0.5) is 0 Å². The Bertz CT molecular complexity index is 546. The molecule has 2 rings (SSSR count). The van der Waals surface area contributed by atoms with Gasteiger partial charge in [-0.2, -0.15) is 0 Å². The van der Waals surface area contributed by atoms with Crippen LogP contribution in [0.3, 0.4) is 0 Å². The van der Waals surface area contributed by atoms with Crippen molar-refractivity contribution in [1.29, 1.82) is 0 Å². The van der Waals surface area contributed by atoms with E-state index >= 15 is 0 Å². The van der Waals surface area contributed by atoms with E-state index in [1.165, 1.54) is 12.7 Å². The number of rotatable bonds is 5. The summed E-state index contributed by atoms with van der Waals surface area (Å²) in [5.74, 6) is -0.377. The van der Waals surface area contributed by atoms with Crippen molar-refractivity contribution in [3.8, 4) is 0 Å². The van der Waals surface area contributed by atoms with Crippen LogP contribution in [0.15, 0.2) is 54.6 Å². The lowest BCUT2D eigenvalue weighted by Crippen LogP contribution is -2.15. The summed E-state index contributed by atoms with van der Waals surface area (Å²) in [7, 11) is 1.36. The number of aryl methyl sites for hydroxylation is 1. The minimum atomic E-state index is -0.377. The zero-order valence-electron chi connectivity index (χ0n) is 11.7. The number of carbonyl (C=O) groups is 1. The third kappa shape index (κ3) is 3.68. The number of carbonyl (C=O) groups excluding carboxylic acids is 1. The molecule has 3 heteroatoms. The van der Waals surface area contributed by atoms with E-state index in [0.29, 0.717) is 0 Å². The SMILES string of the molecule is COC(=O)COC(c1ccccc1)c1ccc(C)cc1. The van der Waals surface area contributed by atoms with Crippen molar-refractivity contribution >= 4 is 5.97 Å². The number of esters is 1. The molecule has 0 aliphatic rings. The summed E-state index contributed by atoms with van der Waals surface area (Å²) in [6.45, 7) is 1.97. The molecule has 0 spiro atoms. The van der Waals surface area contributed by atoms with Gasteiger partial charge in [-0.1, -0.05) is 60.2 Å². The molecule has 3 nitrogen and oxygen atoms in total. The number of methoxy groups -OCH3 is 1. The third-order valence-electron chi connectivity index (χ3n) is 3.08. The highest BCUT2D eigenvalue weighted by Gasteiger charge is 2.16. The molecule has 0 amide bonds. The van der Waals surface area contributed by atoms with Crippen LogP contribution in [0.5, 0.6) is 0 Å². The van der Waals surface area contributed by atoms with Crippen molar-refractivity contribution in [2.45, 2.75) is 13.0 Å². The molecule has 2 aromatic rings. The van der Waals surface area contributed by atoms with Crippen LogP contribution in [0.1, 0.15) is 22.8 Å². The van der Waals surface area contributed by atoms with Gasteiger partial charge in [0.25, 0.3) is 0 Å². The average molecular weight is 270 g/mol. The van der Waals surface area contributed by atoms with Gasteiger partial charge in [0.2, 0.25) is 0 Å². The maximum Gasteiger partial charge on any atom is 0.331 e. The van der Waals surface area contributed by atoms with Crippen LogP contribution in [0, 0.1) is 6.92 Å². The molecule has 1 unspecified atom stereocenters. The maximum atomic E-state index is 11.3. The highest BCUT2D eigenvalue weighted by molar-refractivity contribution is 5.70. The van der Waals surface area contributed by atoms with Crippen molar-refractivity contribution < 1.29 is 14.3 Å². The first kappa shape index (κ1) is 14.3. The van der Waals surface area contributed by atoms with Crippen molar-refractivity contribution in [1.82, 2.24) is 0 Å². The molecule has 104 valence electrons. The standard InChI is InChI=1S/C17H18O3/c1-13-8-10-15(11-9-13)17(20-12-16(18)19-2)14-6-4-3-5-7-14/h3-11,17H,12H2,1-2H3. The molecule has 0 aliphatic carbocycles. The van der Waals surface area contributed by atoms with Crippen molar-refractivity contribution in [3.63, 3.8) is 0 Å².